The van der Waals surface area contributed by atoms with Gasteiger partial charge in [-0.25, -0.2) is 0 Å². The first kappa shape index (κ1) is 31.5. The van der Waals surface area contributed by atoms with Crippen LogP contribution in [0.15, 0.2) is 141 Å². The summed E-state index contributed by atoms with van der Waals surface area (Å²) in [7, 11) is 0. The van der Waals surface area contributed by atoms with E-state index >= 15 is 0 Å². The van der Waals surface area contributed by atoms with E-state index < -0.39 is 0 Å². The Hall–Kier alpha value is -3.06. The highest BCUT2D eigenvalue weighted by molar-refractivity contribution is 8.03. The van der Waals surface area contributed by atoms with Crippen LogP contribution < -0.4 is 14.7 Å². The summed E-state index contributed by atoms with van der Waals surface area (Å²) in [4.78, 5) is 8.97. The summed E-state index contributed by atoms with van der Waals surface area (Å²) in [5, 5.41) is 3.21. The number of nitrogens with zero attached hydrogens (tertiary/aromatic N) is 2. The summed E-state index contributed by atoms with van der Waals surface area (Å²) in [5.74, 6) is 0.376. The third-order valence-electron chi connectivity index (χ3n) is 9.07. The Balaban J connectivity index is 1.26. The second-order valence-corrected chi connectivity index (χ2v) is 14.9. The van der Waals surface area contributed by atoms with Gasteiger partial charge in [0.1, 0.15) is 5.69 Å². The Morgan fingerprint density at radius 1 is 0.870 bits per heavy atom. The van der Waals surface area contributed by atoms with Crippen molar-refractivity contribution in [3.8, 4) is 0 Å². The van der Waals surface area contributed by atoms with Gasteiger partial charge in [0.2, 0.25) is 0 Å². The third-order valence-corrected chi connectivity index (χ3v) is 12.0. The molecule has 46 heavy (non-hydrogen) atoms. The lowest BCUT2D eigenvalue weighted by Gasteiger charge is -2.31. The molecule has 234 valence electrons. The van der Waals surface area contributed by atoms with Crippen molar-refractivity contribution < 1.29 is 4.90 Å². The predicted octanol–water partition coefficient (Wildman–Crippen LogP) is 10.9. The number of thioether (sulfide) groups is 2. The maximum atomic E-state index is 6.42. The van der Waals surface area contributed by atoms with E-state index in [1.54, 1.807) is 0 Å². The van der Waals surface area contributed by atoms with Crippen molar-refractivity contribution in [3.05, 3.63) is 142 Å². The molecule has 4 aromatic carbocycles. The fraction of sp³-hybridized carbons (Fsp3) is 0.231. The second kappa shape index (κ2) is 14.0. The quantitative estimate of drug-likeness (QED) is 0.188. The maximum Gasteiger partial charge on any atom is 0.163 e. The Kier molecular flexibility index (Phi) is 9.58. The van der Waals surface area contributed by atoms with Crippen molar-refractivity contribution >= 4 is 69.5 Å². The van der Waals surface area contributed by atoms with Crippen LogP contribution in [0.5, 0.6) is 0 Å². The van der Waals surface area contributed by atoms with Crippen LogP contribution in [0.25, 0.3) is 0 Å². The molecule has 0 aromatic heterocycles. The molecule has 3 unspecified atom stereocenters. The monoisotopic (exact) mass is 682 g/mol. The van der Waals surface area contributed by atoms with Gasteiger partial charge in [-0.05, 0) is 99.4 Å². The molecule has 7 heteroatoms. The van der Waals surface area contributed by atoms with E-state index in [1.807, 2.05) is 35.7 Å². The minimum atomic E-state index is 0.314. The molecule has 3 nitrogen and oxygen atoms in total. The largest absolute Gasteiger partial charge is 0.336 e. The van der Waals surface area contributed by atoms with Gasteiger partial charge in [0.15, 0.2) is 5.37 Å². The number of likely N-dealkylation sites (N-methyl/N-ethyl adjacent to an activating group) is 1. The van der Waals surface area contributed by atoms with Crippen molar-refractivity contribution in [1.29, 1.82) is 0 Å². The first-order valence-corrected chi connectivity index (χ1v) is 18.6. The predicted molar refractivity (Wildman–Crippen MR) is 199 cm³/mol. The Bertz CT molecular complexity index is 1770. The highest BCUT2D eigenvalue weighted by Gasteiger charge is 2.35. The zero-order valence-electron chi connectivity index (χ0n) is 26.1. The molecular formula is C39H38Cl2N3S2+. The average molecular weight is 684 g/mol. The van der Waals surface area contributed by atoms with Gasteiger partial charge in [-0.1, -0.05) is 95.3 Å². The number of nitrogens with one attached hydrogen (secondary N) is 1. The lowest BCUT2D eigenvalue weighted by Crippen LogP contribution is -3.08. The highest BCUT2D eigenvalue weighted by atomic mass is 35.5. The highest BCUT2D eigenvalue weighted by Crippen LogP contribution is 2.49. The van der Waals surface area contributed by atoms with E-state index in [0.717, 1.165) is 42.4 Å². The second-order valence-electron chi connectivity index (χ2n) is 11.8. The number of quaternary nitrogens is 1. The number of allylic oxidation sites excluding steroid dienone is 4. The Labute approximate surface area is 291 Å². The number of benzene rings is 4. The van der Waals surface area contributed by atoms with E-state index in [9.17, 15) is 0 Å². The first-order chi connectivity index (χ1) is 22.5. The summed E-state index contributed by atoms with van der Waals surface area (Å²) >= 11 is 16.6. The van der Waals surface area contributed by atoms with Gasteiger partial charge in [-0.2, -0.15) is 0 Å². The van der Waals surface area contributed by atoms with Gasteiger partial charge in [0.05, 0.1) is 22.2 Å². The van der Waals surface area contributed by atoms with Crippen molar-refractivity contribution in [1.82, 2.24) is 0 Å². The molecule has 3 atom stereocenters. The lowest BCUT2D eigenvalue weighted by molar-refractivity contribution is -0.833. The molecule has 0 bridgehead atoms. The van der Waals surface area contributed by atoms with Gasteiger partial charge in [0.25, 0.3) is 0 Å². The van der Waals surface area contributed by atoms with Gasteiger partial charge in [-0.3, -0.25) is 4.90 Å². The summed E-state index contributed by atoms with van der Waals surface area (Å²) in [6, 6.07) is 34.3. The van der Waals surface area contributed by atoms with Crippen LogP contribution in [0.2, 0.25) is 10.0 Å². The molecule has 0 amide bonds. The number of para-hydroxylation sites is 2. The van der Waals surface area contributed by atoms with Crippen LogP contribution in [-0.2, 0) is 0 Å². The van der Waals surface area contributed by atoms with E-state index in [4.69, 9.17) is 23.2 Å². The lowest BCUT2D eigenvalue weighted by atomic mass is 9.99. The standard InChI is InChI=1S/C39H37Cl2N3S2/c1-3-42-33-25-29(40)19-21-35(33)45-37(42)23-17-27-15-16-28(18-24-38-43(4-2)34-26-30(41)20-22-36(34)46-38)39(27)44(31-11-7-5-8-12-31)32-13-9-6-10-14-32/h5-14,17,19-26,28,37H,3-4,15-16,18H2,1-2H3/p+1. The molecule has 4 aromatic rings. The van der Waals surface area contributed by atoms with Crippen molar-refractivity contribution in [3.63, 3.8) is 0 Å². The molecule has 0 radical (unpaired) electrons. The molecule has 7 rings (SSSR count). The SMILES string of the molecule is CCN1C(=CCC2CCC(C=CC3Sc4ccc(Cl)cc4[NH+]3CC)=C2N(c2ccccc2)c2ccccc2)Sc2ccc(Cl)cc21. The molecule has 3 aliphatic rings. The van der Waals surface area contributed by atoms with Crippen LogP contribution in [0, 0.1) is 5.92 Å². The van der Waals surface area contributed by atoms with E-state index in [2.05, 4.69) is 127 Å². The number of hydrogen-bond acceptors (Lipinski definition) is 4. The topological polar surface area (TPSA) is 10.9 Å². The van der Waals surface area contributed by atoms with Gasteiger partial charge in [-0.15, -0.1) is 0 Å². The molecule has 0 fully saturated rings. The average Bonchev–Trinajstić information content (AvgIpc) is 3.75. The van der Waals surface area contributed by atoms with Crippen molar-refractivity contribution in [2.45, 2.75) is 48.3 Å². The van der Waals surface area contributed by atoms with Crippen LogP contribution in [0.1, 0.15) is 33.1 Å². The van der Waals surface area contributed by atoms with Crippen molar-refractivity contribution in [2.24, 2.45) is 5.92 Å². The van der Waals surface area contributed by atoms with Crippen molar-refractivity contribution in [2.75, 3.05) is 22.9 Å². The maximum absolute atomic E-state index is 6.42. The Morgan fingerprint density at radius 3 is 2.22 bits per heavy atom. The van der Waals surface area contributed by atoms with Gasteiger partial charge in [0, 0.05) is 50.5 Å². The normalized spacial score (nSPS) is 21.4. The fourth-order valence-corrected chi connectivity index (χ4v) is 9.75. The number of fused-ring (bicyclic) bond motifs is 2. The van der Waals surface area contributed by atoms with E-state index in [0.29, 0.717) is 11.3 Å². The molecule has 0 saturated carbocycles. The van der Waals surface area contributed by atoms with Crippen LogP contribution in [-0.4, -0.2) is 18.5 Å². The van der Waals surface area contributed by atoms with Crippen LogP contribution >= 0.6 is 46.7 Å². The zero-order chi connectivity index (χ0) is 31.6. The minimum absolute atomic E-state index is 0.314. The molecule has 0 saturated heterocycles. The molecule has 1 aliphatic carbocycles. The minimum Gasteiger partial charge on any atom is -0.336 e. The smallest absolute Gasteiger partial charge is 0.163 e. The molecular weight excluding hydrogens is 645 g/mol. The van der Waals surface area contributed by atoms with E-state index in [-0.39, 0.29) is 0 Å². The summed E-state index contributed by atoms with van der Waals surface area (Å²) in [6.45, 7) is 6.40. The van der Waals surface area contributed by atoms with Crippen LogP contribution in [0.3, 0.4) is 0 Å². The molecule has 2 aliphatic heterocycles. The number of rotatable bonds is 9. The molecule has 1 N–H and O–H groups in total. The fourth-order valence-electron chi connectivity index (χ4n) is 6.93. The van der Waals surface area contributed by atoms with Gasteiger partial charge >= 0.3 is 0 Å². The number of halogens is 2. The van der Waals surface area contributed by atoms with Crippen LogP contribution in [0.4, 0.5) is 22.7 Å². The number of hydrogen-bond donors (Lipinski definition) is 1. The number of anilines is 3. The van der Waals surface area contributed by atoms with Gasteiger partial charge < -0.3 is 9.80 Å². The zero-order valence-corrected chi connectivity index (χ0v) is 29.3. The van der Waals surface area contributed by atoms with E-state index in [1.165, 1.54) is 53.7 Å². The molecule has 0 spiro atoms. The molecule has 2 heterocycles. The third kappa shape index (κ3) is 6.28. The summed E-state index contributed by atoms with van der Waals surface area (Å²) < 4.78 is 0. The summed E-state index contributed by atoms with van der Waals surface area (Å²) in [6.07, 6.45) is 10.5. The summed E-state index contributed by atoms with van der Waals surface area (Å²) in [5.41, 5.74) is 7.74. The Morgan fingerprint density at radius 2 is 1.54 bits per heavy atom. The first-order valence-electron chi connectivity index (χ1n) is 16.1.